The minimum atomic E-state index is -0.540. The summed E-state index contributed by atoms with van der Waals surface area (Å²) in [5, 5.41) is 0. The van der Waals surface area contributed by atoms with Gasteiger partial charge in [-0.15, -0.1) is 0 Å². The van der Waals surface area contributed by atoms with E-state index in [2.05, 4.69) is 39.5 Å². The lowest BCUT2D eigenvalue weighted by Gasteiger charge is -2.22. The van der Waals surface area contributed by atoms with Gasteiger partial charge in [0.2, 0.25) is 0 Å². The normalized spacial score (nSPS) is 12.5. The van der Waals surface area contributed by atoms with Crippen molar-refractivity contribution in [2.45, 2.75) is 38.9 Å². The van der Waals surface area contributed by atoms with Crippen LogP contribution in [0.2, 0.25) is 0 Å². The molecule has 2 rings (SSSR count). The molecule has 0 N–H and O–H groups in total. The minimum absolute atomic E-state index is 0.0677. The molecule has 0 saturated carbocycles. The van der Waals surface area contributed by atoms with Crippen molar-refractivity contribution in [3.63, 3.8) is 0 Å². The molecule has 3 heteroatoms. The molecule has 0 aliphatic heterocycles. The SMILES string of the molecule is C=C(C(=O)OC)C(OCc1ccccc1)c1ccc(C(C)(C)C)cc1. The van der Waals surface area contributed by atoms with Crippen LogP contribution in [0.25, 0.3) is 0 Å². The van der Waals surface area contributed by atoms with E-state index in [9.17, 15) is 4.79 Å². The molecule has 1 atom stereocenters. The van der Waals surface area contributed by atoms with Crippen LogP contribution in [0.1, 0.15) is 43.6 Å². The average molecular weight is 338 g/mol. The van der Waals surface area contributed by atoms with Crippen molar-refractivity contribution < 1.29 is 14.3 Å². The summed E-state index contributed by atoms with van der Waals surface area (Å²) >= 11 is 0. The van der Waals surface area contributed by atoms with Gasteiger partial charge in [-0.2, -0.15) is 0 Å². The number of carbonyl (C=O) groups is 1. The summed E-state index contributed by atoms with van der Waals surface area (Å²) in [4.78, 5) is 12.0. The number of benzene rings is 2. The Kier molecular flexibility index (Phi) is 6.16. The predicted molar refractivity (Wildman–Crippen MR) is 100 cm³/mol. The van der Waals surface area contributed by atoms with Gasteiger partial charge in [0.05, 0.1) is 19.3 Å². The molecule has 0 aliphatic rings. The maximum atomic E-state index is 12.0. The Morgan fingerprint density at radius 1 is 1.04 bits per heavy atom. The number of carbonyl (C=O) groups excluding carboxylic acids is 1. The maximum Gasteiger partial charge on any atom is 0.336 e. The first-order chi connectivity index (χ1) is 11.8. The molecule has 0 spiro atoms. The van der Waals surface area contributed by atoms with Crippen LogP contribution in [0.5, 0.6) is 0 Å². The molecule has 25 heavy (non-hydrogen) atoms. The van der Waals surface area contributed by atoms with Crippen LogP contribution in [-0.2, 0) is 26.3 Å². The van der Waals surface area contributed by atoms with Gasteiger partial charge < -0.3 is 9.47 Å². The first-order valence-electron chi connectivity index (χ1n) is 8.36. The molecule has 1 unspecified atom stereocenters. The molecule has 0 saturated heterocycles. The molecule has 0 heterocycles. The zero-order valence-corrected chi connectivity index (χ0v) is 15.4. The summed E-state index contributed by atoms with van der Waals surface area (Å²) < 4.78 is 10.9. The van der Waals surface area contributed by atoms with E-state index in [1.807, 2.05) is 42.5 Å². The van der Waals surface area contributed by atoms with Gasteiger partial charge in [-0.05, 0) is 22.1 Å². The molecule has 2 aromatic rings. The van der Waals surface area contributed by atoms with Gasteiger partial charge in [0.25, 0.3) is 0 Å². The van der Waals surface area contributed by atoms with Crippen LogP contribution in [-0.4, -0.2) is 13.1 Å². The van der Waals surface area contributed by atoms with Crippen LogP contribution in [0.4, 0.5) is 0 Å². The van der Waals surface area contributed by atoms with Crippen LogP contribution >= 0.6 is 0 Å². The largest absolute Gasteiger partial charge is 0.466 e. The fraction of sp³-hybridized carbons (Fsp3) is 0.318. The van der Waals surface area contributed by atoms with Gasteiger partial charge in [-0.3, -0.25) is 0 Å². The molecule has 132 valence electrons. The van der Waals surface area contributed by atoms with Crippen molar-refractivity contribution in [3.05, 3.63) is 83.4 Å². The highest BCUT2D eigenvalue weighted by Crippen LogP contribution is 2.29. The second kappa shape index (κ2) is 8.13. The molecular weight excluding hydrogens is 312 g/mol. The summed E-state index contributed by atoms with van der Waals surface area (Å²) in [6.45, 7) is 10.8. The zero-order valence-electron chi connectivity index (χ0n) is 15.4. The molecule has 2 aromatic carbocycles. The second-order valence-electron chi connectivity index (χ2n) is 7.07. The summed E-state index contributed by atoms with van der Waals surface area (Å²) in [5.41, 5.74) is 3.51. The average Bonchev–Trinajstić information content (AvgIpc) is 2.61. The Labute approximate surface area is 150 Å². The highest BCUT2D eigenvalue weighted by atomic mass is 16.5. The molecule has 0 fully saturated rings. The van der Waals surface area contributed by atoms with Crippen molar-refractivity contribution in [2.24, 2.45) is 0 Å². The fourth-order valence-corrected chi connectivity index (χ4v) is 2.55. The standard InChI is InChI=1S/C22H26O3/c1-16(21(23)24-5)20(25-15-17-9-7-6-8-10-17)18-11-13-19(14-12-18)22(2,3)4/h6-14,20H,1,15H2,2-5H3. The summed E-state index contributed by atoms with van der Waals surface area (Å²) in [5.74, 6) is -0.460. The smallest absolute Gasteiger partial charge is 0.336 e. The van der Waals surface area contributed by atoms with E-state index in [1.54, 1.807) is 0 Å². The van der Waals surface area contributed by atoms with Crippen molar-refractivity contribution in [2.75, 3.05) is 7.11 Å². The lowest BCUT2D eigenvalue weighted by atomic mass is 9.86. The van der Waals surface area contributed by atoms with E-state index in [0.717, 1.165) is 11.1 Å². The molecule has 0 bridgehead atoms. The molecule has 0 amide bonds. The van der Waals surface area contributed by atoms with Gasteiger partial charge in [-0.1, -0.05) is 81.9 Å². The van der Waals surface area contributed by atoms with E-state index in [1.165, 1.54) is 12.7 Å². The van der Waals surface area contributed by atoms with Crippen molar-refractivity contribution in [1.82, 2.24) is 0 Å². The van der Waals surface area contributed by atoms with E-state index in [-0.39, 0.29) is 5.41 Å². The Bertz CT molecular complexity index is 709. The zero-order chi connectivity index (χ0) is 18.4. The molecule has 3 nitrogen and oxygen atoms in total. The molecule has 0 radical (unpaired) electrons. The Morgan fingerprint density at radius 3 is 2.16 bits per heavy atom. The van der Waals surface area contributed by atoms with Crippen LogP contribution in [0.3, 0.4) is 0 Å². The van der Waals surface area contributed by atoms with Crippen molar-refractivity contribution in [1.29, 1.82) is 0 Å². The van der Waals surface area contributed by atoms with Gasteiger partial charge in [0.15, 0.2) is 0 Å². The first-order valence-corrected chi connectivity index (χ1v) is 8.36. The number of rotatable bonds is 6. The topological polar surface area (TPSA) is 35.5 Å². The van der Waals surface area contributed by atoms with E-state index >= 15 is 0 Å². The van der Waals surface area contributed by atoms with Gasteiger partial charge >= 0.3 is 5.97 Å². The number of hydrogen-bond acceptors (Lipinski definition) is 3. The summed E-state index contributed by atoms with van der Waals surface area (Å²) in [6.07, 6.45) is -0.540. The maximum absolute atomic E-state index is 12.0. The number of methoxy groups -OCH3 is 1. The van der Waals surface area contributed by atoms with Gasteiger partial charge in [-0.25, -0.2) is 4.79 Å². The van der Waals surface area contributed by atoms with E-state index < -0.39 is 12.1 Å². The molecule has 0 aromatic heterocycles. The van der Waals surface area contributed by atoms with E-state index in [4.69, 9.17) is 9.47 Å². The lowest BCUT2D eigenvalue weighted by molar-refractivity contribution is -0.137. The monoisotopic (exact) mass is 338 g/mol. The molecule has 0 aliphatic carbocycles. The Morgan fingerprint density at radius 2 is 1.64 bits per heavy atom. The Balaban J connectivity index is 2.24. The highest BCUT2D eigenvalue weighted by Gasteiger charge is 2.23. The third-order valence-electron chi connectivity index (χ3n) is 4.10. The van der Waals surface area contributed by atoms with Crippen LogP contribution in [0, 0.1) is 0 Å². The van der Waals surface area contributed by atoms with Gasteiger partial charge in [0.1, 0.15) is 6.10 Å². The predicted octanol–water partition coefficient (Wildman–Crippen LogP) is 4.97. The number of esters is 1. The van der Waals surface area contributed by atoms with Crippen LogP contribution < -0.4 is 0 Å². The highest BCUT2D eigenvalue weighted by molar-refractivity contribution is 5.89. The summed E-state index contributed by atoms with van der Waals surface area (Å²) in [7, 11) is 1.35. The quantitative estimate of drug-likeness (QED) is 0.551. The summed E-state index contributed by atoms with van der Waals surface area (Å²) in [6, 6.07) is 18.0. The second-order valence-corrected chi connectivity index (χ2v) is 7.07. The van der Waals surface area contributed by atoms with Gasteiger partial charge in [0, 0.05) is 0 Å². The minimum Gasteiger partial charge on any atom is -0.466 e. The van der Waals surface area contributed by atoms with Crippen molar-refractivity contribution in [3.8, 4) is 0 Å². The van der Waals surface area contributed by atoms with Crippen molar-refractivity contribution >= 4 is 5.97 Å². The lowest BCUT2D eigenvalue weighted by Crippen LogP contribution is -2.16. The number of ether oxygens (including phenoxy) is 2. The first kappa shape index (κ1) is 18.9. The molecular formula is C22H26O3. The number of hydrogen-bond donors (Lipinski definition) is 0. The van der Waals surface area contributed by atoms with E-state index in [0.29, 0.717) is 12.2 Å². The third-order valence-corrected chi connectivity index (χ3v) is 4.10. The third kappa shape index (κ3) is 5.04. The fourth-order valence-electron chi connectivity index (χ4n) is 2.55. The Hall–Kier alpha value is -2.39. The van der Waals surface area contributed by atoms with Crippen LogP contribution in [0.15, 0.2) is 66.7 Å².